The first-order chi connectivity index (χ1) is 12.1. The van der Waals surface area contributed by atoms with Crippen LogP contribution in [0, 0.1) is 5.82 Å². The Morgan fingerprint density at radius 1 is 1.48 bits per heavy atom. The number of halogens is 2. The Labute approximate surface area is 149 Å². The van der Waals surface area contributed by atoms with Gasteiger partial charge in [0.05, 0.1) is 17.7 Å². The third-order valence-electron chi connectivity index (χ3n) is 4.11. The van der Waals surface area contributed by atoms with Crippen molar-refractivity contribution in [3.63, 3.8) is 0 Å². The number of ether oxygens (including phenoxy) is 1. The number of benzene rings is 1. The van der Waals surface area contributed by atoms with E-state index in [1.807, 2.05) is 0 Å². The summed E-state index contributed by atoms with van der Waals surface area (Å²) in [6.45, 7) is 0.485. The van der Waals surface area contributed by atoms with Crippen molar-refractivity contribution in [2.24, 2.45) is 0 Å². The first kappa shape index (κ1) is 17.7. The first-order valence-corrected chi connectivity index (χ1v) is 8.40. The summed E-state index contributed by atoms with van der Waals surface area (Å²) < 4.78 is 23.7. The zero-order valence-electron chi connectivity index (χ0n) is 13.5. The number of likely N-dealkylation sites (tertiary alicyclic amines) is 1. The summed E-state index contributed by atoms with van der Waals surface area (Å²) in [5, 5.41) is 9.56. The number of rotatable bonds is 5. The van der Waals surface area contributed by atoms with E-state index in [0.717, 1.165) is 25.3 Å². The average Bonchev–Trinajstić information content (AvgIpc) is 3.09. The monoisotopic (exact) mass is 368 g/mol. The number of oxazole rings is 1. The highest BCUT2D eigenvalue weighted by Crippen LogP contribution is 2.26. The molecule has 1 N–H and O–H groups in total. The SMILES string of the molecule is O=C(c1coc(COc2ccc(F)cc2Cl)n1)N1CCCC[C@@H]1CO. The lowest BCUT2D eigenvalue weighted by atomic mass is 10.0. The Bertz CT molecular complexity index is 752. The fourth-order valence-corrected chi connectivity index (χ4v) is 3.03. The fraction of sp³-hybridized carbons (Fsp3) is 0.412. The zero-order chi connectivity index (χ0) is 17.8. The quantitative estimate of drug-likeness (QED) is 0.877. The van der Waals surface area contributed by atoms with Gasteiger partial charge in [-0.1, -0.05) is 11.6 Å². The van der Waals surface area contributed by atoms with Crippen LogP contribution >= 0.6 is 11.6 Å². The molecule has 1 aliphatic rings. The summed E-state index contributed by atoms with van der Waals surface area (Å²) in [6, 6.07) is 3.60. The molecule has 134 valence electrons. The maximum Gasteiger partial charge on any atom is 0.276 e. The number of aromatic nitrogens is 1. The van der Waals surface area contributed by atoms with Gasteiger partial charge in [0.1, 0.15) is 17.8 Å². The van der Waals surface area contributed by atoms with Crippen LogP contribution in [0.5, 0.6) is 5.75 Å². The number of aliphatic hydroxyl groups excluding tert-OH is 1. The first-order valence-electron chi connectivity index (χ1n) is 8.02. The highest BCUT2D eigenvalue weighted by Gasteiger charge is 2.28. The maximum absolute atomic E-state index is 13.0. The summed E-state index contributed by atoms with van der Waals surface area (Å²) in [5.74, 6) is -0.221. The van der Waals surface area contributed by atoms with Gasteiger partial charge in [-0.2, -0.15) is 0 Å². The lowest BCUT2D eigenvalue weighted by Crippen LogP contribution is -2.45. The van der Waals surface area contributed by atoms with Crippen molar-refractivity contribution in [2.75, 3.05) is 13.2 Å². The number of piperidine rings is 1. The van der Waals surface area contributed by atoms with E-state index in [-0.39, 0.29) is 41.8 Å². The standard InChI is InChI=1S/C17H18ClFN2O4/c18-13-7-11(19)4-5-15(13)24-10-16-20-14(9-25-16)17(23)21-6-2-1-3-12(21)8-22/h4-5,7,9,12,22H,1-3,6,8,10H2/t12-/m1/s1. The second-order valence-electron chi connectivity index (χ2n) is 5.82. The Morgan fingerprint density at radius 2 is 2.32 bits per heavy atom. The van der Waals surface area contributed by atoms with Gasteiger partial charge < -0.3 is 19.2 Å². The molecule has 1 atom stereocenters. The van der Waals surface area contributed by atoms with E-state index >= 15 is 0 Å². The minimum Gasteiger partial charge on any atom is -0.482 e. The van der Waals surface area contributed by atoms with Crippen LogP contribution in [0.4, 0.5) is 4.39 Å². The molecule has 0 radical (unpaired) electrons. The van der Waals surface area contributed by atoms with Crippen molar-refractivity contribution in [2.45, 2.75) is 31.9 Å². The molecule has 1 amide bonds. The van der Waals surface area contributed by atoms with E-state index < -0.39 is 5.82 Å². The van der Waals surface area contributed by atoms with Gasteiger partial charge in [0, 0.05) is 6.54 Å². The molecule has 1 aromatic heterocycles. The normalized spacial score (nSPS) is 17.6. The second kappa shape index (κ2) is 7.84. The van der Waals surface area contributed by atoms with Crippen molar-refractivity contribution < 1.29 is 23.4 Å². The van der Waals surface area contributed by atoms with E-state index in [9.17, 15) is 14.3 Å². The van der Waals surface area contributed by atoms with E-state index in [2.05, 4.69) is 4.98 Å². The minimum absolute atomic E-state index is 0.0396. The van der Waals surface area contributed by atoms with Gasteiger partial charge in [-0.3, -0.25) is 4.79 Å². The van der Waals surface area contributed by atoms with Crippen molar-refractivity contribution in [1.29, 1.82) is 0 Å². The molecule has 2 heterocycles. The predicted molar refractivity (Wildman–Crippen MR) is 88.0 cm³/mol. The van der Waals surface area contributed by atoms with E-state index in [1.54, 1.807) is 4.90 Å². The lowest BCUT2D eigenvalue weighted by Gasteiger charge is -2.33. The lowest BCUT2D eigenvalue weighted by molar-refractivity contribution is 0.0497. The van der Waals surface area contributed by atoms with Crippen LogP contribution in [0.1, 0.15) is 35.6 Å². The summed E-state index contributed by atoms with van der Waals surface area (Å²) in [7, 11) is 0. The maximum atomic E-state index is 13.0. The van der Waals surface area contributed by atoms with Gasteiger partial charge in [-0.05, 0) is 37.5 Å². The molecule has 1 saturated heterocycles. The summed E-state index contributed by atoms with van der Waals surface area (Å²) in [6.07, 6.45) is 3.94. The van der Waals surface area contributed by atoms with Gasteiger partial charge in [0.25, 0.3) is 5.91 Å². The minimum atomic E-state index is -0.457. The number of carbonyl (C=O) groups excluding carboxylic acids is 1. The van der Waals surface area contributed by atoms with Crippen LogP contribution in [0.15, 0.2) is 28.9 Å². The molecule has 2 aromatic rings. The molecule has 25 heavy (non-hydrogen) atoms. The average molecular weight is 369 g/mol. The molecule has 8 heteroatoms. The molecule has 1 aromatic carbocycles. The number of aliphatic hydroxyl groups is 1. The molecule has 0 spiro atoms. The summed E-state index contributed by atoms with van der Waals surface area (Å²) >= 11 is 5.88. The molecule has 0 saturated carbocycles. The summed E-state index contributed by atoms with van der Waals surface area (Å²) in [4.78, 5) is 18.3. The zero-order valence-corrected chi connectivity index (χ0v) is 14.2. The number of carbonyl (C=O) groups is 1. The van der Waals surface area contributed by atoms with E-state index in [0.29, 0.717) is 12.3 Å². The van der Waals surface area contributed by atoms with Crippen LogP contribution in [0.3, 0.4) is 0 Å². The Balaban J connectivity index is 1.64. The number of hydrogen-bond acceptors (Lipinski definition) is 5. The van der Waals surface area contributed by atoms with Crippen LogP contribution in [-0.2, 0) is 6.61 Å². The molecular formula is C17H18ClFN2O4. The van der Waals surface area contributed by atoms with Gasteiger partial charge >= 0.3 is 0 Å². The second-order valence-corrected chi connectivity index (χ2v) is 6.23. The van der Waals surface area contributed by atoms with E-state index in [1.165, 1.54) is 18.4 Å². The van der Waals surface area contributed by atoms with Crippen molar-refractivity contribution in [1.82, 2.24) is 9.88 Å². The van der Waals surface area contributed by atoms with Gasteiger partial charge in [-0.25, -0.2) is 9.37 Å². The van der Waals surface area contributed by atoms with Crippen molar-refractivity contribution in [3.8, 4) is 5.75 Å². The van der Waals surface area contributed by atoms with E-state index in [4.69, 9.17) is 20.8 Å². The fourth-order valence-electron chi connectivity index (χ4n) is 2.81. The molecule has 1 fully saturated rings. The molecule has 0 unspecified atom stereocenters. The number of amides is 1. The van der Waals surface area contributed by atoms with Crippen molar-refractivity contribution >= 4 is 17.5 Å². The summed E-state index contributed by atoms with van der Waals surface area (Å²) in [5.41, 5.74) is 0.171. The molecule has 0 aliphatic carbocycles. The highest BCUT2D eigenvalue weighted by molar-refractivity contribution is 6.32. The Hall–Kier alpha value is -2.12. The third-order valence-corrected chi connectivity index (χ3v) is 4.41. The van der Waals surface area contributed by atoms with Crippen LogP contribution < -0.4 is 4.74 Å². The molecular weight excluding hydrogens is 351 g/mol. The molecule has 3 rings (SSSR count). The molecule has 0 bridgehead atoms. The Morgan fingerprint density at radius 3 is 3.08 bits per heavy atom. The molecule has 1 aliphatic heterocycles. The third kappa shape index (κ3) is 4.11. The van der Waals surface area contributed by atoms with Crippen LogP contribution in [0.2, 0.25) is 5.02 Å². The van der Waals surface area contributed by atoms with Gasteiger partial charge in [-0.15, -0.1) is 0 Å². The number of hydrogen-bond donors (Lipinski definition) is 1. The topological polar surface area (TPSA) is 75.8 Å². The van der Waals surface area contributed by atoms with Crippen LogP contribution in [-0.4, -0.2) is 40.1 Å². The van der Waals surface area contributed by atoms with Gasteiger partial charge in [0.15, 0.2) is 12.3 Å². The van der Waals surface area contributed by atoms with Crippen LogP contribution in [0.25, 0.3) is 0 Å². The smallest absolute Gasteiger partial charge is 0.276 e. The molecule has 6 nitrogen and oxygen atoms in total. The largest absolute Gasteiger partial charge is 0.482 e. The Kier molecular flexibility index (Phi) is 5.55. The predicted octanol–water partition coefficient (Wildman–Crippen LogP) is 3.03. The van der Waals surface area contributed by atoms with Crippen molar-refractivity contribution in [3.05, 3.63) is 46.9 Å². The van der Waals surface area contributed by atoms with Gasteiger partial charge in [0.2, 0.25) is 5.89 Å². The highest BCUT2D eigenvalue weighted by atomic mass is 35.5. The number of nitrogens with zero attached hydrogens (tertiary/aromatic N) is 2.